The predicted octanol–water partition coefficient (Wildman–Crippen LogP) is 7.20. The minimum absolute atomic E-state index is 0.0635. The summed E-state index contributed by atoms with van der Waals surface area (Å²) in [6.07, 6.45) is 1.26. The zero-order chi connectivity index (χ0) is 25.5. The molecule has 0 radical (unpaired) electrons. The van der Waals surface area contributed by atoms with Crippen LogP contribution in [0.5, 0.6) is 0 Å². The SMILES string of the molecule is CC=CCCCCc1cc(F)cc(C)c1-c1cc([C@@H](N)CC(=O)OCC)c(F)c(C(F)(F)F)c1. The van der Waals surface area contributed by atoms with Crippen LogP contribution in [0.4, 0.5) is 22.0 Å². The number of nitrogens with two attached hydrogens (primary N) is 1. The molecule has 34 heavy (non-hydrogen) atoms. The molecule has 0 aliphatic heterocycles. The number of carbonyl (C=O) groups is 1. The molecule has 1 atom stereocenters. The average Bonchev–Trinajstić information content (AvgIpc) is 2.73. The molecule has 8 heteroatoms. The van der Waals surface area contributed by atoms with Gasteiger partial charge in [-0.05, 0) is 93.0 Å². The maximum Gasteiger partial charge on any atom is 0.419 e. The van der Waals surface area contributed by atoms with E-state index in [1.165, 1.54) is 18.2 Å². The highest BCUT2D eigenvalue weighted by atomic mass is 19.4. The number of hydrogen-bond donors (Lipinski definition) is 1. The van der Waals surface area contributed by atoms with Crippen molar-refractivity contribution in [2.75, 3.05) is 6.61 Å². The molecule has 3 nitrogen and oxygen atoms in total. The van der Waals surface area contributed by atoms with E-state index < -0.39 is 47.4 Å². The van der Waals surface area contributed by atoms with Crippen LogP contribution in [0.15, 0.2) is 36.4 Å². The highest BCUT2D eigenvalue weighted by molar-refractivity contribution is 5.74. The van der Waals surface area contributed by atoms with Gasteiger partial charge in [0, 0.05) is 11.6 Å². The molecule has 0 aliphatic carbocycles. The number of hydrogen-bond acceptors (Lipinski definition) is 3. The number of esters is 1. The van der Waals surface area contributed by atoms with Gasteiger partial charge in [0.25, 0.3) is 0 Å². The molecule has 0 fully saturated rings. The van der Waals surface area contributed by atoms with Gasteiger partial charge in [-0.25, -0.2) is 8.78 Å². The Labute approximate surface area is 196 Å². The van der Waals surface area contributed by atoms with Gasteiger partial charge in [-0.3, -0.25) is 4.79 Å². The van der Waals surface area contributed by atoms with Crippen molar-refractivity contribution in [3.8, 4) is 11.1 Å². The normalized spacial score (nSPS) is 12.9. The molecule has 2 aromatic rings. The van der Waals surface area contributed by atoms with Gasteiger partial charge >= 0.3 is 12.1 Å². The quantitative estimate of drug-likeness (QED) is 0.168. The van der Waals surface area contributed by atoms with Gasteiger partial charge in [-0.15, -0.1) is 0 Å². The van der Waals surface area contributed by atoms with E-state index in [0.29, 0.717) is 29.5 Å². The number of alkyl halides is 3. The standard InChI is InChI=1S/C26H30F5NO2/c1-4-6-7-8-9-10-17-12-19(27)11-16(3)24(17)18-13-20(22(32)15-23(33)34-5-2)25(28)21(14-18)26(29,30)31/h4,6,11-14,22H,5,7-10,15,32H2,1-3H3/t22-/m0/s1. The van der Waals surface area contributed by atoms with E-state index in [0.717, 1.165) is 18.9 Å². The fourth-order valence-corrected chi connectivity index (χ4v) is 3.94. The number of benzene rings is 2. The highest BCUT2D eigenvalue weighted by Gasteiger charge is 2.37. The fraction of sp³-hybridized carbons (Fsp3) is 0.423. The van der Waals surface area contributed by atoms with Gasteiger partial charge in [-0.2, -0.15) is 13.2 Å². The molecule has 0 unspecified atom stereocenters. The number of ether oxygens (including phenoxy) is 1. The van der Waals surface area contributed by atoms with Crippen molar-refractivity contribution < 1.29 is 31.5 Å². The number of halogens is 5. The van der Waals surface area contributed by atoms with E-state index >= 15 is 0 Å². The van der Waals surface area contributed by atoms with Crippen LogP contribution in [-0.2, 0) is 22.1 Å². The molecule has 0 amide bonds. The van der Waals surface area contributed by atoms with Crippen LogP contribution in [-0.4, -0.2) is 12.6 Å². The highest BCUT2D eigenvalue weighted by Crippen LogP contribution is 2.40. The molecule has 2 N–H and O–H groups in total. The van der Waals surface area contributed by atoms with Gasteiger partial charge in [0.05, 0.1) is 18.6 Å². The van der Waals surface area contributed by atoms with Crippen LogP contribution in [0, 0.1) is 18.6 Å². The number of unbranched alkanes of at least 4 members (excludes halogenated alkanes) is 2. The van der Waals surface area contributed by atoms with Crippen LogP contribution in [0.3, 0.4) is 0 Å². The minimum Gasteiger partial charge on any atom is -0.466 e. The first-order chi connectivity index (χ1) is 16.0. The smallest absolute Gasteiger partial charge is 0.419 e. The maximum atomic E-state index is 14.9. The topological polar surface area (TPSA) is 52.3 Å². The first-order valence-corrected chi connectivity index (χ1v) is 11.2. The summed E-state index contributed by atoms with van der Waals surface area (Å²) >= 11 is 0. The molecule has 0 saturated heterocycles. The van der Waals surface area contributed by atoms with Crippen LogP contribution >= 0.6 is 0 Å². The molecule has 186 valence electrons. The molecule has 0 bridgehead atoms. The molecular weight excluding hydrogens is 453 g/mol. The Hall–Kier alpha value is -2.74. The van der Waals surface area contributed by atoms with Crippen molar-refractivity contribution in [2.24, 2.45) is 5.73 Å². The van der Waals surface area contributed by atoms with Crippen molar-refractivity contribution in [2.45, 2.75) is 65.1 Å². The summed E-state index contributed by atoms with van der Waals surface area (Å²) in [4.78, 5) is 11.8. The van der Waals surface area contributed by atoms with Gasteiger partial charge < -0.3 is 10.5 Å². The van der Waals surface area contributed by atoms with E-state index in [4.69, 9.17) is 10.5 Å². The van der Waals surface area contributed by atoms with Gasteiger partial charge in [0.15, 0.2) is 0 Å². The summed E-state index contributed by atoms with van der Waals surface area (Å²) in [6, 6.07) is 3.13. The second-order valence-corrected chi connectivity index (χ2v) is 8.11. The van der Waals surface area contributed by atoms with Crippen LogP contribution in [0.1, 0.15) is 67.8 Å². The number of rotatable bonds is 10. The summed E-state index contributed by atoms with van der Waals surface area (Å²) in [5.74, 6) is -2.77. The molecule has 0 heterocycles. The van der Waals surface area contributed by atoms with Crippen molar-refractivity contribution in [3.05, 3.63) is 70.3 Å². The van der Waals surface area contributed by atoms with Gasteiger partial charge in [0.1, 0.15) is 11.6 Å². The van der Waals surface area contributed by atoms with E-state index in [1.807, 2.05) is 19.1 Å². The molecule has 0 saturated carbocycles. The second kappa shape index (κ2) is 12.1. The van der Waals surface area contributed by atoms with Gasteiger partial charge in [0.2, 0.25) is 0 Å². The summed E-state index contributed by atoms with van der Waals surface area (Å²) in [5.41, 5.74) is 5.44. The third-order valence-corrected chi connectivity index (χ3v) is 5.47. The van der Waals surface area contributed by atoms with Crippen molar-refractivity contribution in [1.82, 2.24) is 0 Å². The Balaban J connectivity index is 2.60. The Bertz CT molecular complexity index is 1030. The van der Waals surface area contributed by atoms with E-state index in [1.54, 1.807) is 13.8 Å². The lowest BCUT2D eigenvalue weighted by atomic mass is 9.88. The van der Waals surface area contributed by atoms with Crippen LogP contribution < -0.4 is 5.73 Å². The zero-order valence-corrected chi connectivity index (χ0v) is 19.6. The fourth-order valence-electron chi connectivity index (χ4n) is 3.94. The third kappa shape index (κ3) is 7.13. The molecule has 0 aromatic heterocycles. The van der Waals surface area contributed by atoms with E-state index in [-0.39, 0.29) is 12.2 Å². The Kier molecular flexibility index (Phi) is 9.79. The van der Waals surface area contributed by atoms with Crippen molar-refractivity contribution >= 4 is 5.97 Å². The lowest BCUT2D eigenvalue weighted by Crippen LogP contribution is -2.21. The third-order valence-electron chi connectivity index (χ3n) is 5.47. The lowest BCUT2D eigenvalue weighted by molar-refractivity contribution is -0.143. The monoisotopic (exact) mass is 483 g/mol. The summed E-state index contributed by atoms with van der Waals surface area (Å²) in [6.45, 7) is 5.14. The number of allylic oxidation sites excluding steroid dienone is 2. The Morgan fingerprint density at radius 1 is 1.15 bits per heavy atom. The Morgan fingerprint density at radius 2 is 1.85 bits per heavy atom. The first kappa shape index (κ1) is 27.5. The maximum absolute atomic E-state index is 14.9. The average molecular weight is 484 g/mol. The van der Waals surface area contributed by atoms with Crippen molar-refractivity contribution in [3.63, 3.8) is 0 Å². The lowest BCUT2D eigenvalue weighted by Gasteiger charge is -2.20. The molecule has 0 aliphatic rings. The van der Waals surface area contributed by atoms with Gasteiger partial charge in [-0.1, -0.05) is 12.2 Å². The van der Waals surface area contributed by atoms with Crippen molar-refractivity contribution in [1.29, 1.82) is 0 Å². The largest absolute Gasteiger partial charge is 0.466 e. The summed E-state index contributed by atoms with van der Waals surface area (Å²) in [5, 5.41) is 0. The predicted molar refractivity (Wildman–Crippen MR) is 122 cm³/mol. The number of carbonyl (C=O) groups excluding carboxylic acids is 1. The minimum atomic E-state index is -4.99. The zero-order valence-electron chi connectivity index (χ0n) is 19.6. The molecule has 2 aromatic carbocycles. The van der Waals surface area contributed by atoms with E-state index in [9.17, 15) is 26.7 Å². The first-order valence-electron chi connectivity index (χ1n) is 11.2. The van der Waals surface area contributed by atoms with Crippen LogP contribution in [0.2, 0.25) is 0 Å². The molecule has 0 spiro atoms. The van der Waals surface area contributed by atoms with Crippen LogP contribution in [0.25, 0.3) is 11.1 Å². The van der Waals surface area contributed by atoms with E-state index in [2.05, 4.69) is 0 Å². The second-order valence-electron chi connectivity index (χ2n) is 8.11. The summed E-state index contributed by atoms with van der Waals surface area (Å²) < 4.78 is 75.1. The number of aryl methyl sites for hydroxylation is 2. The summed E-state index contributed by atoms with van der Waals surface area (Å²) in [7, 11) is 0. The molecule has 2 rings (SSSR count). The molecular formula is C26H30F5NO2. The Morgan fingerprint density at radius 3 is 2.47 bits per heavy atom.